The number of carbonyl (C=O) groups excluding carboxylic acids is 1. The van der Waals surface area contributed by atoms with Gasteiger partial charge in [-0.2, -0.15) is 5.26 Å². The van der Waals surface area contributed by atoms with Crippen molar-refractivity contribution in [3.05, 3.63) is 58.9 Å². The van der Waals surface area contributed by atoms with E-state index < -0.39 is 5.91 Å². The van der Waals surface area contributed by atoms with Gasteiger partial charge in [-0.15, -0.1) is 0 Å². The first-order valence-electron chi connectivity index (χ1n) is 7.31. The molecule has 1 aromatic heterocycles. The minimum atomic E-state index is -0.505. The van der Waals surface area contributed by atoms with Gasteiger partial charge in [0, 0.05) is 24.0 Å². The SMILES string of the molecule is N#C/C(=C/Nc1cc(Cl)ccn1)C(=O)NCc1ccc2c(c1)OCO2. The van der Waals surface area contributed by atoms with Crippen LogP contribution < -0.4 is 20.1 Å². The molecule has 0 radical (unpaired) electrons. The van der Waals surface area contributed by atoms with Crippen LogP contribution in [0.5, 0.6) is 11.5 Å². The lowest BCUT2D eigenvalue weighted by atomic mass is 10.2. The van der Waals surface area contributed by atoms with Gasteiger partial charge in [0.1, 0.15) is 17.5 Å². The molecule has 7 nitrogen and oxygen atoms in total. The summed E-state index contributed by atoms with van der Waals surface area (Å²) in [6.45, 7) is 0.444. The van der Waals surface area contributed by atoms with Crippen molar-refractivity contribution in [3.63, 3.8) is 0 Å². The molecule has 0 saturated carbocycles. The second kappa shape index (κ2) is 7.55. The van der Waals surface area contributed by atoms with Crippen LogP contribution in [0.1, 0.15) is 5.56 Å². The van der Waals surface area contributed by atoms with Gasteiger partial charge in [-0.1, -0.05) is 17.7 Å². The largest absolute Gasteiger partial charge is 0.454 e. The van der Waals surface area contributed by atoms with Gasteiger partial charge in [0.25, 0.3) is 5.91 Å². The smallest absolute Gasteiger partial charge is 0.263 e. The number of ether oxygens (including phenoxy) is 2. The molecule has 8 heteroatoms. The van der Waals surface area contributed by atoms with Crippen LogP contribution in [0.15, 0.2) is 48.3 Å². The third-order valence-electron chi connectivity index (χ3n) is 3.34. The van der Waals surface area contributed by atoms with Crippen molar-refractivity contribution >= 4 is 23.3 Å². The molecule has 0 saturated heterocycles. The molecule has 1 aliphatic heterocycles. The molecule has 0 spiro atoms. The number of hydrogen-bond donors (Lipinski definition) is 2. The van der Waals surface area contributed by atoms with Gasteiger partial charge in [0.2, 0.25) is 6.79 Å². The van der Waals surface area contributed by atoms with Gasteiger partial charge in [-0.25, -0.2) is 4.98 Å². The van der Waals surface area contributed by atoms with Crippen molar-refractivity contribution in [2.24, 2.45) is 0 Å². The average Bonchev–Trinajstić information content (AvgIpc) is 3.08. The van der Waals surface area contributed by atoms with Crippen LogP contribution >= 0.6 is 11.6 Å². The fourth-order valence-corrected chi connectivity index (χ4v) is 2.27. The third kappa shape index (κ3) is 4.19. The maximum atomic E-state index is 12.1. The summed E-state index contributed by atoms with van der Waals surface area (Å²) >= 11 is 5.85. The standard InChI is InChI=1S/C17H13ClN4O3/c18-13-3-4-20-16(6-13)21-9-12(7-19)17(23)22-8-11-1-2-14-15(5-11)25-10-24-14/h1-6,9H,8,10H2,(H,20,21)(H,22,23)/b12-9-. The second-order valence-corrected chi connectivity index (χ2v) is 5.48. The Bertz CT molecular complexity index is 876. The molecule has 2 N–H and O–H groups in total. The van der Waals surface area contributed by atoms with Gasteiger partial charge in [-0.3, -0.25) is 4.79 Å². The topological polar surface area (TPSA) is 96.3 Å². The zero-order valence-corrected chi connectivity index (χ0v) is 13.7. The number of nitriles is 1. The van der Waals surface area contributed by atoms with Crippen LogP contribution in [-0.4, -0.2) is 17.7 Å². The van der Waals surface area contributed by atoms with Crippen LogP contribution in [-0.2, 0) is 11.3 Å². The van der Waals surface area contributed by atoms with Gasteiger partial charge in [0.05, 0.1) is 0 Å². The van der Waals surface area contributed by atoms with Crippen LogP contribution in [0, 0.1) is 11.3 Å². The number of carbonyl (C=O) groups is 1. The number of nitrogens with one attached hydrogen (secondary N) is 2. The highest BCUT2D eigenvalue weighted by molar-refractivity contribution is 6.30. The Labute approximate surface area is 148 Å². The molecule has 2 aromatic rings. The molecular formula is C17H13ClN4O3. The quantitative estimate of drug-likeness (QED) is 0.631. The normalized spacial score (nSPS) is 12.4. The lowest BCUT2D eigenvalue weighted by Gasteiger charge is -2.06. The molecule has 1 aliphatic rings. The minimum Gasteiger partial charge on any atom is -0.454 e. The van der Waals surface area contributed by atoms with Crippen molar-refractivity contribution in [1.82, 2.24) is 10.3 Å². The number of fused-ring (bicyclic) bond motifs is 1. The summed E-state index contributed by atoms with van der Waals surface area (Å²) in [6.07, 6.45) is 2.80. The summed E-state index contributed by atoms with van der Waals surface area (Å²) in [6, 6.07) is 10.4. The highest BCUT2D eigenvalue weighted by atomic mass is 35.5. The first-order valence-corrected chi connectivity index (χ1v) is 7.68. The number of benzene rings is 1. The predicted octanol–water partition coefficient (Wildman–Crippen LogP) is 2.60. The van der Waals surface area contributed by atoms with Crippen molar-refractivity contribution in [1.29, 1.82) is 5.26 Å². The molecule has 1 aromatic carbocycles. The molecule has 0 atom stereocenters. The van der Waals surface area contributed by atoms with E-state index in [1.165, 1.54) is 12.4 Å². The summed E-state index contributed by atoms with van der Waals surface area (Å²) in [5, 5.41) is 15.1. The summed E-state index contributed by atoms with van der Waals surface area (Å²) in [5.74, 6) is 1.24. The van der Waals surface area contributed by atoms with E-state index in [9.17, 15) is 4.79 Å². The Morgan fingerprint density at radius 1 is 1.32 bits per heavy atom. The summed E-state index contributed by atoms with van der Waals surface area (Å²) in [4.78, 5) is 16.2. The number of rotatable bonds is 5. The molecule has 0 unspecified atom stereocenters. The molecule has 2 heterocycles. The van der Waals surface area contributed by atoms with E-state index in [2.05, 4.69) is 15.6 Å². The summed E-state index contributed by atoms with van der Waals surface area (Å²) in [5.41, 5.74) is 0.752. The van der Waals surface area contributed by atoms with E-state index in [1.54, 1.807) is 24.3 Å². The molecule has 25 heavy (non-hydrogen) atoms. The Hall–Kier alpha value is -3.24. The van der Waals surface area contributed by atoms with Gasteiger partial charge < -0.3 is 20.1 Å². The highest BCUT2D eigenvalue weighted by Crippen LogP contribution is 2.32. The molecule has 0 fully saturated rings. The Morgan fingerprint density at radius 3 is 2.96 bits per heavy atom. The van der Waals surface area contributed by atoms with E-state index >= 15 is 0 Å². The number of halogens is 1. The van der Waals surface area contributed by atoms with E-state index in [4.69, 9.17) is 26.3 Å². The van der Waals surface area contributed by atoms with Gasteiger partial charge in [-0.05, 0) is 29.8 Å². The predicted molar refractivity (Wildman–Crippen MR) is 91.0 cm³/mol. The number of hydrogen-bond acceptors (Lipinski definition) is 6. The van der Waals surface area contributed by atoms with Crippen molar-refractivity contribution in [2.75, 3.05) is 12.1 Å². The number of aromatic nitrogens is 1. The molecule has 0 aliphatic carbocycles. The Balaban J connectivity index is 1.60. The van der Waals surface area contributed by atoms with E-state index in [0.717, 1.165) is 5.56 Å². The fourth-order valence-electron chi connectivity index (χ4n) is 2.11. The zero-order valence-electron chi connectivity index (χ0n) is 13.0. The molecule has 0 bridgehead atoms. The lowest BCUT2D eigenvalue weighted by molar-refractivity contribution is -0.117. The summed E-state index contributed by atoms with van der Waals surface area (Å²) in [7, 11) is 0. The van der Waals surface area contributed by atoms with Crippen LogP contribution in [0.4, 0.5) is 5.82 Å². The molecule has 126 valence electrons. The highest BCUT2D eigenvalue weighted by Gasteiger charge is 2.14. The minimum absolute atomic E-state index is 0.0810. The zero-order chi connectivity index (χ0) is 17.6. The van der Waals surface area contributed by atoms with Crippen molar-refractivity contribution in [2.45, 2.75) is 6.54 Å². The fraction of sp³-hybridized carbons (Fsp3) is 0.118. The maximum Gasteiger partial charge on any atom is 0.263 e. The van der Waals surface area contributed by atoms with Crippen LogP contribution in [0.25, 0.3) is 0 Å². The van der Waals surface area contributed by atoms with E-state index in [1.807, 2.05) is 12.1 Å². The number of amides is 1. The monoisotopic (exact) mass is 356 g/mol. The maximum absolute atomic E-state index is 12.1. The number of pyridine rings is 1. The molecule has 3 rings (SSSR count). The first-order chi connectivity index (χ1) is 12.2. The van der Waals surface area contributed by atoms with Gasteiger partial charge in [0.15, 0.2) is 11.5 Å². The summed E-state index contributed by atoms with van der Waals surface area (Å²) < 4.78 is 10.5. The van der Waals surface area contributed by atoms with Crippen LogP contribution in [0.3, 0.4) is 0 Å². The number of nitrogens with zero attached hydrogens (tertiary/aromatic N) is 2. The van der Waals surface area contributed by atoms with Crippen molar-refractivity contribution < 1.29 is 14.3 Å². The molecule has 1 amide bonds. The van der Waals surface area contributed by atoms with Gasteiger partial charge >= 0.3 is 0 Å². The Kier molecular flexibility index (Phi) is 5.02. The average molecular weight is 357 g/mol. The Morgan fingerprint density at radius 2 is 2.16 bits per heavy atom. The number of anilines is 1. The second-order valence-electron chi connectivity index (χ2n) is 5.04. The van der Waals surface area contributed by atoms with E-state index in [0.29, 0.717) is 22.3 Å². The lowest BCUT2D eigenvalue weighted by Crippen LogP contribution is -2.24. The van der Waals surface area contributed by atoms with Crippen LogP contribution in [0.2, 0.25) is 5.02 Å². The first kappa shape index (κ1) is 16.6. The third-order valence-corrected chi connectivity index (χ3v) is 3.58. The van der Waals surface area contributed by atoms with Crippen molar-refractivity contribution in [3.8, 4) is 17.6 Å². The molecular weight excluding hydrogens is 344 g/mol. The van der Waals surface area contributed by atoms with E-state index in [-0.39, 0.29) is 18.9 Å².